The van der Waals surface area contributed by atoms with E-state index in [4.69, 9.17) is 11.6 Å². The van der Waals surface area contributed by atoms with Gasteiger partial charge in [0.15, 0.2) is 17.5 Å². The van der Waals surface area contributed by atoms with Gasteiger partial charge in [0.25, 0.3) is 5.91 Å². The summed E-state index contributed by atoms with van der Waals surface area (Å²) in [7, 11) is 0. The topological polar surface area (TPSA) is 81.2 Å². The Balaban J connectivity index is 2.07. The number of aromatic nitrogens is 2. The molecule has 0 atom stereocenters. The predicted octanol–water partition coefficient (Wildman–Crippen LogP) is 3.59. The zero-order valence-corrected chi connectivity index (χ0v) is 13.6. The molecule has 0 aromatic carbocycles. The molecule has 1 amide bonds. The number of thiazole rings is 1. The van der Waals surface area contributed by atoms with E-state index in [1.165, 1.54) is 12.3 Å². The van der Waals surface area contributed by atoms with Crippen LogP contribution in [0.25, 0.3) is 0 Å². The number of carbonyl (C=O) groups is 2. The average Bonchev–Trinajstić information content (AvgIpc) is 2.93. The van der Waals surface area contributed by atoms with Crippen LogP contribution in [0.5, 0.6) is 5.88 Å². The summed E-state index contributed by atoms with van der Waals surface area (Å²) >= 11 is 6.81. The molecular weight excluding hydrogens is 371 g/mol. The Bertz CT molecular complexity index is 779. The van der Waals surface area contributed by atoms with Gasteiger partial charge in [-0.2, -0.15) is 13.2 Å². The minimum absolute atomic E-state index is 0.000987. The second-order valence-electron chi connectivity index (χ2n) is 4.46. The van der Waals surface area contributed by atoms with Crippen molar-refractivity contribution in [3.63, 3.8) is 0 Å². The Morgan fingerprint density at radius 1 is 1.42 bits per heavy atom. The van der Waals surface area contributed by atoms with Gasteiger partial charge in [0.2, 0.25) is 5.88 Å². The summed E-state index contributed by atoms with van der Waals surface area (Å²) in [5, 5.41) is 3.87. The first-order valence-electron chi connectivity index (χ1n) is 6.28. The normalized spacial score (nSPS) is 11.2. The molecule has 2 aromatic rings. The maximum atomic E-state index is 12.1. The minimum atomic E-state index is -4.53. The Hall–Kier alpha value is -2.20. The number of Topliss-reactive ketones (excluding diaryl/α,β-unsaturated/α-hetero) is 1. The summed E-state index contributed by atoms with van der Waals surface area (Å²) in [6, 6.07) is 1.12. The quantitative estimate of drug-likeness (QED) is 0.803. The van der Waals surface area contributed by atoms with E-state index in [9.17, 15) is 22.8 Å². The van der Waals surface area contributed by atoms with Gasteiger partial charge in [-0.15, -0.1) is 11.3 Å². The molecule has 24 heavy (non-hydrogen) atoms. The summed E-state index contributed by atoms with van der Waals surface area (Å²) in [4.78, 5) is 30.7. The monoisotopic (exact) mass is 379 g/mol. The molecule has 0 aliphatic rings. The molecule has 0 bridgehead atoms. The maximum absolute atomic E-state index is 12.1. The number of ketones is 1. The number of amides is 1. The first-order valence-corrected chi connectivity index (χ1v) is 7.54. The molecule has 0 radical (unpaired) electrons. The van der Waals surface area contributed by atoms with E-state index < -0.39 is 24.6 Å². The van der Waals surface area contributed by atoms with Crippen molar-refractivity contribution in [2.75, 3.05) is 11.9 Å². The summed E-state index contributed by atoms with van der Waals surface area (Å²) < 4.78 is 40.7. The van der Waals surface area contributed by atoms with Gasteiger partial charge >= 0.3 is 6.18 Å². The van der Waals surface area contributed by atoms with Crippen LogP contribution < -0.4 is 10.1 Å². The molecular formula is C13H9ClF3N3O3S. The Morgan fingerprint density at radius 3 is 2.67 bits per heavy atom. The van der Waals surface area contributed by atoms with E-state index in [0.29, 0.717) is 0 Å². The molecule has 0 unspecified atom stereocenters. The summed E-state index contributed by atoms with van der Waals surface area (Å²) in [5.41, 5.74) is 0.210. The highest BCUT2D eigenvalue weighted by Gasteiger charge is 2.29. The predicted molar refractivity (Wildman–Crippen MR) is 80.9 cm³/mol. The highest BCUT2D eigenvalue weighted by molar-refractivity contribution is 7.14. The van der Waals surface area contributed by atoms with Crippen LogP contribution in [0.4, 0.5) is 18.3 Å². The van der Waals surface area contributed by atoms with Crippen molar-refractivity contribution in [3.05, 3.63) is 33.9 Å². The largest absolute Gasteiger partial charge is 0.467 e. The molecule has 0 saturated heterocycles. The molecule has 0 aliphatic heterocycles. The van der Waals surface area contributed by atoms with Gasteiger partial charge in [-0.3, -0.25) is 14.9 Å². The molecule has 11 heteroatoms. The second-order valence-corrected chi connectivity index (χ2v) is 5.73. The lowest BCUT2D eigenvalue weighted by Crippen LogP contribution is -2.20. The van der Waals surface area contributed by atoms with Gasteiger partial charge in [0.1, 0.15) is 10.7 Å². The molecule has 128 valence electrons. The van der Waals surface area contributed by atoms with Crippen LogP contribution in [0.1, 0.15) is 27.8 Å². The fourth-order valence-corrected chi connectivity index (χ4v) is 2.43. The van der Waals surface area contributed by atoms with Crippen molar-refractivity contribution in [1.29, 1.82) is 0 Å². The smallest absolute Gasteiger partial charge is 0.422 e. The zero-order valence-electron chi connectivity index (χ0n) is 12.0. The van der Waals surface area contributed by atoms with Gasteiger partial charge in [0, 0.05) is 18.5 Å². The number of anilines is 1. The maximum Gasteiger partial charge on any atom is 0.422 e. The molecule has 0 aliphatic carbocycles. The van der Waals surface area contributed by atoms with Gasteiger partial charge in [0.05, 0.1) is 5.56 Å². The van der Waals surface area contributed by atoms with Crippen molar-refractivity contribution in [1.82, 2.24) is 9.97 Å². The van der Waals surface area contributed by atoms with Gasteiger partial charge in [-0.25, -0.2) is 9.97 Å². The Kier molecular flexibility index (Phi) is 5.40. The van der Waals surface area contributed by atoms with E-state index in [2.05, 4.69) is 20.0 Å². The molecule has 0 saturated carbocycles. The molecule has 0 fully saturated rings. The first-order chi connectivity index (χ1) is 11.2. The van der Waals surface area contributed by atoms with Crippen molar-refractivity contribution < 1.29 is 27.5 Å². The number of nitrogens with zero attached hydrogens (tertiary/aromatic N) is 2. The number of halogens is 4. The van der Waals surface area contributed by atoms with E-state index in [-0.39, 0.29) is 27.2 Å². The number of alkyl halides is 3. The van der Waals surface area contributed by atoms with Crippen LogP contribution in [0.2, 0.25) is 5.02 Å². The standard InChI is InChI=1S/C13H9ClF3N3O3S/c1-6(21)9-4-24-12(19-9)20-10(22)7-2-8(14)11(18-3-7)23-5-13(15,16)17/h2-4H,5H2,1H3,(H,19,20,22). The molecule has 2 rings (SSSR count). The highest BCUT2D eigenvalue weighted by atomic mass is 35.5. The lowest BCUT2D eigenvalue weighted by molar-refractivity contribution is -0.154. The fourth-order valence-electron chi connectivity index (χ4n) is 1.47. The van der Waals surface area contributed by atoms with Crippen molar-refractivity contribution in [2.24, 2.45) is 0 Å². The fraction of sp³-hybridized carbons (Fsp3) is 0.231. The van der Waals surface area contributed by atoms with Gasteiger partial charge < -0.3 is 4.74 Å². The summed E-state index contributed by atoms with van der Waals surface area (Å²) in [6.07, 6.45) is -3.51. The minimum Gasteiger partial charge on any atom is -0.467 e. The third kappa shape index (κ3) is 4.90. The van der Waals surface area contributed by atoms with E-state index in [1.807, 2.05) is 0 Å². The molecule has 6 nitrogen and oxygen atoms in total. The van der Waals surface area contributed by atoms with Crippen LogP contribution >= 0.6 is 22.9 Å². The van der Waals surface area contributed by atoms with Crippen LogP contribution in [0, 0.1) is 0 Å². The van der Waals surface area contributed by atoms with Crippen LogP contribution in [0.15, 0.2) is 17.6 Å². The zero-order chi connectivity index (χ0) is 17.9. The summed E-state index contributed by atoms with van der Waals surface area (Å²) in [6.45, 7) is -0.206. The molecule has 0 spiro atoms. The average molecular weight is 380 g/mol. The number of rotatable bonds is 5. The molecule has 2 aromatic heterocycles. The van der Waals surface area contributed by atoms with Crippen molar-refractivity contribution in [3.8, 4) is 5.88 Å². The molecule has 2 heterocycles. The lowest BCUT2D eigenvalue weighted by Gasteiger charge is -2.10. The number of carbonyl (C=O) groups excluding carboxylic acids is 2. The first kappa shape index (κ1) is 18.1. The third-order valence-corrected chi connectivity index (χ3v) is 3.56. The van der Waals surface area contributed by atoms with Crippen LogP contribution in [-0.4, -0.2) is 34.4 Å². The number of pyridine rings is 1. The Labute approximate surface area is 142 Å². The van der Waals surface area contributed by atoms with Gasteiger partial charge in [-0.1, -0.05) is 11.6 Å². The number of hydrogen-bond donors (Lipinski definition) is 1. The summed E-state index contributed by atoms with van der Waals surface area (Å²) in [5.74, 6) is -1.31. The van der Waals surface area contributed by atoms with E-state index in [0.717, 1.165) is 23.6 Å². The second kappa shape index (κ2) is 7.14. The number of nitrogens with one attached hydrogen (secondary N) is 1. The highest BCUT2D eigenvalue weighted by Crippen LogP contribution is 2.25. The van der Waals surface area contributed by atoms with E-state index >= 15 is 0 Å². The Morgan fingerprint density at radius 2 is 2.12 bits per heavy atom. The number of hydrogen-bond acceptors (Lipinski definition) is 6. The number of ether oxygens (including phenoxy) is 1. The SMILES string of the molecule is CC(=O)c1csc(NC(=O)c2cnc(OCC(F)(F)F)c(Cl)c2)n1. The van der Waals surface area contributed by atoms with Crippen molar-refractivity contribution in [2.45, 2.75) is 13.1 Å². The third-order valence-electron chi connectivity index (χ3n) is 2.53. The van der Waals surface area contributed by atoms with Crippen molar-refractivity contribution >= 4 is 39.8 Å². The van der Waals surface area contributed by atoms with E-state index in [1.54, 1.807) is 0 Å². The van der Waals surface area contributed by atoms with Crippen LogP contribution in [0.3, 0.4) is 0 Å². The lowest BCUT2D eigenvalue weighted by atomic mass is 10.2. The molecule has 1 N–H and O–H groups in total. The van der Waals surface area contributed by atoms with Crippen LogP contribution in [-0.2, 0) is 0 Å². The van der Waals surface area contributed by atoms with Gasteiger partial charge in [-0.05, 0) is 6.07 Å².